The monoisotopic (exact) mass is 144 g/mol. The van der Waals surface area contributed by atoms with Crippen LogP contribution in [0.3, 0.4) is 0 Å². The van der Waals surface area contributed by atoms with Crippen LogP contribution in [-0.2, 0) is 0 Å². The summed E-state index contributed by atoms with van der Waals surface area (Å²) in [7, 11) is 0. The van der Waals surface area contributed by atoms with Crippen molar-refractivity contribution in [3.8, 4) is 0 Å². The number of aromatic amines is 1. The van der Waals surface area contributed by atoms with Crippen LogP contribution in [0.15, 0.2) is 17.6 Å². The second-order valence-corrected chi connectivity index (χ2v) is 2.59. The van der Waals surface area contributed by atoms with Gasteiger partial charge in [-0.1, -0.05) is 0 Å². The summed E-state index contributed by atoms with van der Waals surface area (Å²) in [6.07, 6.45) is 3.43. The van der Waals surface area contributed by atoms with Gasteiger partial charge in [0.2, 0.25) is 0 Å². The minimum Gasteiger partial charge on any atom is -0.396 e. The number of imidazole rings is 1. The first kappa shape index (κ1) is 6.64. The highest BCUT2D eigenvalue weighted by atomic mass is 32.2. The van der Waals surface area contributed by atoms with Crippen LogP contribution < -0.4 is 0 Å². The molecule has 0 aromatic carbocycles. The number of nitrogens with zero attached hydrogens (tertiary/aromatic N) is 1. The van der Waals surface area contributed by atoms with Crippen LogP contribution in [0.25, 0.3) is 0 Å². The molecule has 2 N–H and O–H groups in total. The van der Waals surface area contributed by atoms with Crippen molar-refractivity contribution < 1.29 is 5.11 Å². The molecule has 0 saturated heterocycles. The average Bonchev–Trinajstić information content (AvgIpc) is 2.34. The number of thioether (sulfide) groups is 1. The number of rotatable bonds is 3. The summed E-state index contributed by atoms with van der Waals surface area (Å²) in [5.41, 5.74) is 0. The SMILES string of the molecule is OCCSc1c[nH]cn1. The van der Waals surface area contributed by atoms with Crippen LogP contribution in [0.1, 0.15) is 0 Å². The molecule has 0 aliphatic rings. The van der Waals surface area contributed by atoms with Gasteiger partial charge in [-0.05, 0) is 0 Å². The van der Waals surface area contributed by atoms with Crippen LogP contribution in [0.4, 0.5) is 0 Å². The molecule has 0 fully saturated rings. The molecule has 0 aliphatic heterocycles. The van der Waals surface area contributed by atoms with Gasteiger partial charge in [-0.25, -0.2) is 4.98 Å². The van der Waals surface area contributed by atoms with Gasteiger partial charge < -0.3 is 10.1 Å². The van der Waals surface area contributed by atoms with Crippen molar-refractivity contribution in [3.63, 3.8) is 0 Å². The Hall–Kier alpha value is -0.480. The van der Waals surface area contributed by atoms with Crippen molar-refractivity contribution >= 4 is 11.8 Å². The van der Waals surface area contributed by atoms with Gasteiger partial charge in [-0.3, -0.25) is 0 Å². The Morgan fingerprint density at radius 2 is 2.67 bits per heavy atom. The van der Waals surface area contributed by atoms with E-state index in [1.165, 1.54) is 11.8 Å². The highest BCUT2D eigenvalue weighted by Crippen LogP contribution is 2.11. The van der Waals surface area contributed by atoms with Gasteiger partial charge in [0, 0.05) is 11.9 Å². The molecule has 0 amide bonds. The molecule has 4 heteroatoms. The molecule has 0 spiro atoms. The number of aromatic nitrogens is 2. The predicted octanol–water partition coefficient (Wildman–Crippen LogP) is 0.494. The third-order valence-electron chi connectivity index (χ3n) is 0.814. The molecule has 3 nitrogen and oxygen atoms in total. The van der Waals surface area contributed by atoms with Crippen molar-refractivity contribution in [2.24, 2.45) is 0 Å². The zero-order valence-corrected chi connectivity index (χ0v) is 5.69. The van der Waals surface area contributed by atoms with E-state index in [1.54, 1.807) is 12.5 Å². The number of aliphatic hydroxyl groups excluding tert-OH is 1. The van der Waals surface area contributed by atoms with Gasteiger partial charge in [0.1, 0.15) is 5.03 Å². The van der Waals surface area contributed by atoms with E-state index in [2.05, 4.69) is 9.97 Å². The van der Waals surface area contributed by atoms with Crippen LogP contribution in [0, 0.1) is 0 Å². The Morgan fingerprint density at radius 3 is 3.22 bits per heavy atom. The molecule has 0 saturated carbocycles. The minimum atomic E-state index is 0.206. The van der Waals surface area contributed by atoms with E-state index >= 15 is 0 Å². The highest BCUT2D eigenvalue weighted by Gasteiger charge is 1.91. The first-order valence-corrected chi connectivity index (χ1v) is 3.64. The lowest BCUT2D eigenvalue weighted by molar-refractivity contribution is 0.322. The molecule has 0 atom stereocenters. The smallest absolute Gasteiger partial charge is 0.114 e. The highest BCUT2D eigenvalue weighted by molar-refractivity contribution is 7.99. The maximum Gasteiger partial charge on any atom is 0.114 e. The van der Waals surface area contributed by atoms with E-state index in [-0.39, 0.29) is 6.61 Å². The van der Waals surface area contributed by atoms with Crippen molar-refractivity contribution in [1.29, 1.82) is 0 Å². The Bertz CT molecular complexity index is 152. The van der Waals surface area contributed by atoms with Crippen molar-refractivity contribution in [1.82, 2.24) is 9.97 Å². The molecular weight excluding hydrogens is 136 g/mol. The summed E-state index contributed by atoms with van der Waals surface area (Å²) in [6, 6.07) is 0. The standard InChI is InChI=1S/C5H8N2OS/c8-1-2-9-5-3-6-4-7-5/h3-4,8H,1-2H2,(H,6,7). The molecule has 0 aliphatic carbocycles. The molecular formula is C5H8N2OS. The molecule has 1 aromatic rings. The first-order chi connectivity index (χ1) is 4.43. The van der Waals surface area contributed by atoms with E-state index in [1.807, 2.05) is 0 Å². The fraction of sp³-hybridized carbons (Fsp3) is 0.400. The maximum atomic E-state index is 8.41. The summed E-state index contributed by atoms with van der Waals surface area (Å²) in [5.74, 6) is 0.713. The minimum absolute atomic E-state index is 0.206. The number of hydrogen-bond donors (Lipinski definition) is 2. The lowest BCUT2D eigenvalue weighted by Gasteiger charge is -1.89. The normalized spacial score (nSPS) is 9.89. The van der Waals surface area contributed by atoms with E-state index < -0.39 is 0 Å². The molecule has 1 rings (SSSR count). The summed E-state index contributed by atoms with van der Waals surface area (Å²) in [6.45, 7) is 0.206. The molecule has 9 heavy (non-hydrogen) atoms. The van der Waals surface area contributed by atoms with Gasteiger partial charge in [-0.15, -0.1) is 11.8 Å². The molecule has 50 valence electrons. The molecule has 1 aromatic heterocycles. The zero-order valence-electron chi connectivity index (χ0n) is 4.87. The average molecular weight is 144 g/mol. The lowest BCUT2D eigenvalue weighted by atomic mass is 10.9. The first-order valence-electron chi connectivity index (χ1n) is 2.66. The van der Waals surface area contributed by atoms with Gasteiger partial charge in [0.15, 0.2) is 0 Å². The quantitative estimate of drug-likeness (QED) is 0.607. The molecule has 1 heterocycles. The predicted molar refractivity (Wildman–Crippen MR) is 36.4 cm³/mol. The van der Waals surface area contributed by atoms with E-state index in [4.69, 9.17) is 5.11 Å². The van der Waals surface area contributed by atoms with Gasteiger partial charge in [-0.2, -0.15) is 0 Å². The zero-order chi connectivity index (χ0) is 6.53. The second-order valence-electron chi connectivity index (χ2n) is 1.48. The van der Waals surface area contributed by atoms with Gasteiger partial charge >= 0.3 is 0 Å². The molecule has 0 radical (unpaired) electrons. The fourth-order valence-electron chi connectivity index (χ4n) is 0.476. The number of H-pyrrole nitrogens is 1. The summed E-state index contributed by atoms with van der Waals surface area (Å²) >= 11 is 1.53. The Balaban J connectivity index is 2.30. The van der Waals surface area contributed by atoms with E-state index in [0.717, 1.165) is 5.03 Å². The number of aliphatic hydroxyl groups is 1. The third kappa shape index (κ3) is 2.07. The Morgan fingerprint density at radius 1 is 1.78 bits per heavy atom. The fourth-order valence-corrected chi connectivity index (χ4v) is 1.05. The van der Waals surface area contributed by atoms with E-state index in [9.17, 15) is 0 Å². The van der Waals surface area contributed by atoms with Crippen molar-refractivity contribution in [3.05, 3.63) is 12.5 Å². The van der Waals surface area contributed by atoms with Crippen molar-refractivity contribution in [2.45, 2.75) is 5.03 Å². The molecule has 0 unspecified atom stereocenters. The topological polar surface area (TPSA) is 48.9 Å². The Kier molecular flexibility index (Phi) is 2.60. The Labute approximate surface area is 57.5 Å². The second kappa shape index (κ2) is 3.53. The lowest BCUT2D eigenvalue weighted by Crippen LogP contribution is -1.84. The van der Waals surface area contributed by atoms with Crippen LogP contribution in [0.5, 0.6) is 0 Å². The van der Waals surface area contributed by atoms with Crippen molar-refractivity contribution in [2.75, 3.05) is 12.4 Å². The van der Waals surface area contributed by atoms with Gasteiger partial charge in [0.25, 0.3) is 0 Å². The largest absolute Gasteiger partial charge is 0.396 e. The molecule has 0 bridgehead atoms. The summed E-state index contributed by atoms with van der Waals surface area (Å²) < 4.78 is 0. The number of hydrogen-bond acceptors (Lipinski definition) is 3. The van der Waals surface area contributed by atoms with Gasteiger partial charge in [0.05, 0.1) is 12.9 Å². The maximum absolute atomic E-state index is 8.41. The summed E-state index contributed by atoms with van der Waals surface area (Å²) in [4.78, 5) is 6.78. The third-order valence-corrected chi connectivity index (χ3v) is 1.72. The summed E-state index contributed by atoms with van der Waals surface area (Å²) in [5, 5.41) is 9.34. The van der Waals surface area contributed by atoms with Crippen LogP contribution >= 0.6 is 11.8 Å². The van der Waals surface area contributed by atoms with Crippen LogP contribution in [-0.4, -0.2) is 27.4 Å². The number of nitrogens with one attached hydrogen (secondary N) is 1. The van der Waals surface area contributed by atoms with Crippen LogP contribution in [0.2, 0.25) is 0 Å². The van der Waals surface area contributed by atoms with E-state index in [0.29, 0.717) is 5.75 Å².